The molecule has 138 valence electrons. The Morgan fingerprint density at radius 3 is 2.73 bits per heavy atom. The van der Waals surface area contributed by atoms with Crippen molar-refractivity contribution in [3.05, 3.63) is 41.5 Å². The van der Waals surface area contributed by atoms with E-state index in [0.717, 1.165) is 5.56 Å². The molecule has 2 aromatic rings. The van der Waals surface area contributed by atoms with Crippen molar-refractivity contribution in [2.24, 2.45) is 0 Å². The Morgan fingerprint density at radius 1 is 1.38 bits per heavy atom. The molecule has 10 heteroatoms. The van der Waals surface area contributed by atoms with Gasteiger partial charge in [0.1, 0.15) is 17.7 Å². The maximum Gasteiger partial charge on any atom is 0.334 e. The fourth-order valence-corrected chi connectivity index (χ4v) is 2.86. The first-order valence-electron chi connectivity index (χ1n) is 8.08. The SMILES string of the molecule is Cc1nnnn1[C@H](Cc1ccc(F)cc1)C(=O)N1CCO[C@H](C(=O)O)C1. The summed E-state index contributed by atoms with van der Waals surface area (Å²) in [5.74, 6) is -1.34. The van der Waals surface area contributed by atoms with Crippen LogP contribution >= 0.6 is 0 Å². The Bertz CT molecular complexity index is 794. The summed E-state index contributed by atoms with van der Waals surface area (Å²) in [5, 5.41) is 20.4. The molecule has 3 rings (SSSR count). The third-order valence-corrected chi connectivity index (χ3v) is 4.23. The van der Waals surface area contributed by atoms with Crippen LogP contribution in [0.25, 0.3) is 0 Å². The monoisotopic (exact) mass is 363 g/mol. The van der Waals surface area contributed by atoms with E-state index >= 15 is 0 Å². The smallest absolute Gasteiger partial charge is 0.334 e. The third kappa shape index (κ3) is 3.85. The highest BCUT2D eigenvalue weighted by molar-refractivity contribution is 5.82. The Labute approximate surface area is 148 Å². The summed E-state index contributed by atoms with van der Waals surface area (Å²) in [6, 6.07) is 5.06. The van der Waals surface area contributed by atoms with Gasteiger partial charge in [-0.15, -0.1) is 5.10 Å². The predicted octanol–water partition coefficient (Wildman–Crippen LogP) is 0.216. The predicted molar refractivity (Wildman–Crippen MR) is 85.7 cm³/mol. The van der Waals surface area contributed by atoms with Crippen molar-refractivity contribution < 1.29 is 23.8 Å². The number of aryl methyl sites for hydroxylation is 1. The molecule has 1 aliphatic heterocycles. The van der Waals surface area contributed by atoms with Crippen LogP contribution in [0.4, 0.5) is 4.39 Å². The Balaban J connectivity index is 1.85. The van der Waals surface area contributed by atoms with Gasteiger partial charge in [0, 0.05) is 13.0 Å². The number of rotatable bonds is 5. The van der Waals surface area contributed by atoms with Crippen LogP contribution in [0.2, 0.25) is 0 Å². The topological polar surface area (TPSA) is 110 Å². The van der Waals surface area contributed by atoms with Crippen LogP contribution in [0.1, 0.15) is 17.4 Å². The number of carboxylic acid groups (broad SMARTS) is 1. The minimum Gasteiger partial charge on any atom is -0.479 e. The number of carbonyl (C=O) groups is 2. The zero-order chi connectivity index (χ0) is 18.7. The molecule has 1 aliphatic rings. The molecule has 9 nitrogen and oxygen atoms in total. The van der Waals surface area contributed by atoms with Crippen LogP contribution < -0.4 is 0 Å². The van der Waals surface area contributed by atoms with Crippen LogP contribution in [-0.4, -0.2) is 67.9 Å². The molecule has 0 bridgehead atoms. The summed E-state index contributed by atoms with van der Waals surface area (Å²) in [5.41, 5.74) is 0.739. The number of aliphatic carboxylic acids is 1. The van der Waals surface area contributed by atoms with Gasteiger partial charge in [0.2, 0.25) is 5.91 Å². The molecule has 2 atom stereocenters. The van der Waals surface area contributed by atoms with Gasteiger partial charge < -0.3 is 14.7 Å². The van der Waals surface area contributed by atoms with Crippen LogP contribution in [-0.2, 0) is 20.7 Å². The van der Waals surface area contributed by atoms with E-state index in [0.29, 0.717) is 5.82 Å². The van der Waals surface area contributed by atoms with Crippen molar-refractivity contribution in [2.45, 2.75) is 25.5 Å². The maximum atomic E-state index is 13.1. The van der Waals surface area contributed by atoms with E-state index in [2.05, 4.69) is 15.5 Å². The molecule has 26 heavy (non-hydrogen) atoms. The van der Waals surface area contributed by atoms with Crippen molar-refractivity contribution in [1.82, 2.24) is 25.1 Å². The lowest BCUT2D eigenvalue weighted by Gasteiger charge is -2.33. The lowest BCUT2D eigenvalue weighted by Crippen LogP contribution is -2.51. The summed E-state index contributed by atoms with van der Waals surface area (Å²) in [7, 11) is 0. The number of hydrogen-bond donors (Lipinski definition) is 1. The molecule has 1 aromatic heterocycles. The summed E-state index contributed by atoms with van der Waals surface area (Å²) in [6.07, 6.45) is -0.811. The number of carboxylic acids is 1. The summed E-state index contributed by atoms with van der Waals surface area (Å²) in [6.45, 7) is 2.05. The van der Waals surface area contributed by atoms with Crippen molar-refractivity contribution in [3.63, 3.8) is 0 Å². The Morgan fingerprint density at radius 2 is 2.12 bits per heavy atom. The second kappa shape index (κ2) is 7.56. The fourth-order valence-electron chi connectivity index (χ4n) is 2.86. The molecular formula is C16H18FN5O4. The van der Waals surface area contributed by atoms with Gasteiger partial charge in [0.25, 0.3) is 0 Å². The maximum absolute atomic E-state index is 13.1. The Hall–Kier alpha value is -2.88. The number of benzene rings is 1. The van der Waals surface area contributed by atoms with Gasteiger partial charge >= 0.3 is 5.97 Å². The van der Waals surface area contributed by atoms with Crippen molar-refractivity contribution in [2.75, 3.05) is 19.7 Å². The highest BCUT2D eigenvalue weighted by Crippen LogP contribution is 2.20. The van der Waals surface area contributed by atoms with E-state index in [-0.39, 0.29) is 37.8 Å². The summed E-state index contributed by atoms with van der Waals surface area (Å²) in [4.78, 5) is 25.7. The highest BCUT2D eigenvalue weighted by Gasteiger charge is 2.34. The number of halogens is 1. The van der Waals surface area contributed by atoms with Gasteiger partial charge in [0.05, 0.1) is 13.2 Å². The molecule has 1 N–H and O–H groups in total. The number of tetrazole rings is 1. The number of amides is 1. The first kappa shape index (κ1) is 17.9. The standard InChI is InChI=1S/C16H18FN5O4/c1-10-18-19-20-22(10)13(8-11-2-4-12(17)5-3-11)15(23)21-6-7-26-14(9-21)16(24)25/h2-5,13-14H,6-9H2,1H3,(H,24,25)/t13-,14+/m1/s1. The van der Waals surface area contributed by atoms with E-state index in [4.69, 9.17) is 9.84 Å². The zero-order valence-corrected chi connectivity index (χ0v) is 14.1. The molecule has 1 aromatic carbocycles. The number of hydrogen-bond acceptors (Lipinski definition) is 6. The minimum absolute atomic E-state index is 0.0464. The molecule has 1 amide bonds. The van der Waals surface area contributed by atoms with E-state index in [1.54, 1.807) is 19.1 Å². The third-order valence-electron chi connectivity index (χ3n) is 4.23. The van der Waals surface area contributed by atoms with Gasteiger partial charge in [-0.25, -0.2) is 13.9 Å². The molecule has 0 aliphatic carbocycles. The van der Waals surface area contributed by atoms with Crippen molar-refractivity contribution in [3.8, 4) is 0 Å². The molecule has 1 saturated heterocycles. The lowest BCUT2D eigenvalue weighted by molar-refractivity contribution is -0.160. The molecular weight excluding hydrogens is 345 g/mol. The molecule has 0 spiro atoms. The number of ether oxygens (including phenoxy) is 1. The average molecular weight is 363 g/mol. The molecule has 1 fully saturated rings. The highest BCUT2D eigenvalue weighted by atomic mass is 19.1. The van der Waals surface area contributed by atoms with E-state index in [9.17, 15) is 14.0 Å². The molecule has 0 radical (unpaired) electrons. The van der Waals surface area contributed by atoms with Crippen LogP contribution in [0.3, 0.4) is 0 Å². The molecule has 0 saturated carbocycles. The van der Waals surface area contributed by atoms with Crippen molar-refractivity contribution >= 4 is 11.9 Å². The van der Waals surface area contributed by atoms with Gasteiger partial charge in [-0.2, -0.15) is 0 Å². The Kier molecular flexibility index (Phi) is 5.21. The van der Waals surface area contributed by atoms with Gasteiger partial charge in [0.15, 0.2) is 6.10 Å². The quantitative estimate of drug-likeness (QED) is 0.809. The minimum atomic E-state index is -1.11. The van der Waals surface area contributed by atoms with Gasteiger partial charge in [-0.05, 0) is 35.0 Å². The van der Waals surface area contributed by atoms with Crippen LogP contribution in [0, 0.1) is 12.7 Å². The first-order chi connectivity index (χ1) is 12.5. The average Bonchev–Trinajstić information content (AvgIpc) is 3.06. The van der Waals surface area contributed by atoms with Crippen LogP contribution in [0.15, 0.2) is 24.3 Å². The lowest BCUT2D eigenvalue weighted by atomic mass is 10.0. The van der Waals surface area contributed by atoms with E-state index in [1.807, 2.05) is 0 Å². The zero-order valence-electron chi connectivity index (χ0n) is 14.1. The fraction of sp³-hybridized carbons (Fsp3) is 0.438. The number of carbonyl (C=O) groups excluding carboxylic acids is 1. The number of morpholine rings is 1. The van der Waals surface area contributed by atoms with Gasteiger partial charge in [-0.3, -0.25) is 4.79 Å². The van der Waals surface area contributed by atoms with Crippen molar-refractivity contribution in [1.29, 1.82) is 0 Å². The van der Waals surface area contributed by atoms with Crippen LogP contribution in [0.5, 0.6) is 0 Å². The normalized spacial score (nSPS) is 18.5. The molecule has 2 heterocycles. The van der Waals surface area contributed by atoms with E-state index < -0.39 is 18.1 Å². The summed E-state index contributed by atoms with van der Waals surface area (Å²) < 4.78 is 19.7. The number of aromatic nitrogens is 4. The second-order valence-corrected chi connectivity index (χ2v) is 6.00. The van der Waals surface area contributed by atoms with E-state index in [1.165, 1.54) is 21.7 Å². The number of nitrogens with zero attached hydrogens (tertiary/aromatic N) is 5. The largest absolute Gasteiger partial charge is 0.479 e. The molecule has 0 unspecified atom stereocenters. The first-order valence-corrected chi connectivity index (χ1v) is 8.08. The second-order valence-electron chi connectivity index (χ2n) is 6.00. The van der Waals surface area contributed by atoms with Gasteiger partial charge in [-0.1, -0.05) is 12.1 Å². The summed E-state index contributed by atoms with van der Waals surface area (Å²) >= 11 is 0.